The largest absolute Gasteiger partial charge is 0.361 e. The van der Waals surface area contributed by atoms with Gasteiger partial charge in [0, 0.05) is 13.5 Å². The number of nitrogens with zero attached hydrogens (tertiary/aromatic N) is 4. The maximum atomic E-state index is 12.3. The van der Waals surface area contributed by atoms with Crippen LogP contribution in [0.4, 0.5) is 0 Å². The molecule has 0 aromatic carbocycles. The number of amides is 2. The smallest absolute Gasteiger partial charge is 0.257 e. The molecule has 0 aliphatic carbocycles. The second-order valence-electron chi connectivity index (χ2n) is 6.19. The molecule has 0 spiro atoms. The van der Waals surface area contributed by atoms with Gasteiger partial charge in [-0.2, -0.15) is 0 Å². The molecule has 1 atom stereocenters. The summed E-state index contributed by atoms with van der Waals surface area (Å²) in [7, 11) is 0. The van der Waals surface area contributed by atoms with E-state index in [0.717, 1.165) is 25.1 Å². The summed E-state index contributed by atoms with van der Waals surface area (Å²) in [6.45, 7) is 5.98. The van der Waals surface area contributed by atoms with Crippen molar-refractivity contribution < 1.29 is 14.1 Å². The van der Waals surface area contributed by atoms with E-state index in [2.05, 4.69) is 20.4 Å². The predicted molar refractivity (Wildman–Crippen MR) is 88.5 cm³/mol. The lowest BCUT2D eigenvalue weighted by Crippen LogP contribution is -2.29. The van der Waals surface area contributed by atoms with Crippen molar-refractivity contribution in [1.82, 2.24) is 25.3 Å². The Kier molecular flexibility index (Phi) is 4.78. The van der Waals surface area contributed by atoms with Gasteiger partial charge in [0.05, 0.1) is 42.1 Å². The molecule has 2 aromatic heterocycles. The first-order chi connectivity index (χ1) is 12.0. The molecule has 1 N–H and O–H groups in total. The van der Waals surface area contributed by atoms with E-state index in [9.17, 15) is 9.59 Å². The van der Waals surface area contributed by atoms with Gasteiger partial charge in [-0.25, -0.2) is 0 Å². The number of carbonyl (C=O) groups is 2. The molecule has 1 aliphatic heterocycles. The normalized spacial score (nSPS) is 16.9. The summed E-state index contributed by atoms with van der Waals surface area (Å²) in [6.07, 6.45) is 5.14. The minimum Gasteiger partial charge on any atom is -0.361 e. The van der Waals surface area contributed by atoms with Crippen LogP contribution in [0, 0.1) is 13.8 Å². The van der Waals surface area contributed by atoms with E-state index in [1.807, 2.05) is 4.90 Å². The summed E-state index contributed by atoms with van der Waals surface area (Å²) in [6, 6.07) is -0.0387. The fourth-order valence-corrected chi connectivity index (χ4v) is 3.19. The maximum absolute atomic E-state index is 12.3. The second-order valence-corrected chi connectivity index (χ2v) is 6.19. The Morgan fingerprint density at radius 1 is 1.36 bits per heavy atom. The Balaban J connectivity index is 1.70. The number of nitrogens with one attached hydrogen (secondary N) is 1. The minimum atomic E-state index is -0.255. The Bertz CT molecular complexity index is 782. The third-order valence-electron chi connectivity index (χ3n) is 4.39. The molecule has 0 bridgehead atoms. The molecule has 132 valence electrons. The number of aryl methyl sites for hydroxylation is 2. The third-order valence-corrected chi connectivity index (χ3v) is 4.39. The van der Waals surface area contributed by atoms with Gasteiger partial charge in [-0.15, -0.1) is 0 Å². The number of aromatic nitrogens is 3. The first kappa shape index (κ1) is 17.1. The Morgan fingerprint density at radius 2 is 2.16 bits per heavy atom. The van der Waals surface area contributed by atoms with E-state index in [-0.39, 0.29) is 24.4 Å². The van der Waals surface area contributed by atoms with Crippen LogP contribution in [0.5, 0.6) is 0 Å². The van der Waals surface area contributed by atoms with Gasteiger partial charge in [0.25, 0.3) is 5.91 Å². The van der Waals surface area contributed by atoms with Crippen molar-refractivity contribution in [2.24, 2.45) is 0 Å². The topological polar surface area (TPSA) is 101 Å². The summed E-state index contributed by atoms with van der Waals surface area (Å²) in [5, 5.41) is 6.60. The molecule has 8 heteroatoms. The van der Waals surface area contributed by atoms with Crippen LogP contribution in [0.2, 0.25) is 0 Å². The highest BCUT2D eigenvalue weighted by Crippen LogP contribution is 2.30. The first-order valence-electron chi connectivity index (χ1n) is 8.26. The van der Waals surface area contributed by atoms with Crippen LogP contribution in [-0.4, -0.2) is 38.4 Å². The number of hydrogen-bond donors (Lipinski definition) is 1. The Hall–Kier alpha value is -2.77. The van der Waals surface area contributed by atoms with Crippen molar-refractivity contribution in [3.8, 4) is 0 Å². The molecule has 3 rings (SSSR count). The quantitative estimate of drug-likeness (QED) is 0.906. The van der Waals surface area contributed by atoms with Crippen molar-refractivity contribution >= 4 is 11.8 Å². The van der Waals surface area contributed by atoms with Crippen molar-refractivity contribution in [3.05, 3.63) is 40.8 Å². The first-order valence-corrected chi connectivity index (χ1v) is 8.26. The second kappa shape index (κ2) is 7.00. The van der Waals surface area contributed by atoms with Crippen LogP contribution in [0.3, 0.4) is 0 Å². The van der Waals surface area contributed by atoms with E-state index < -0.39 is 0 Å². The molecule has 3 heterocycles. The van der Waals surface area contributed by atoms with Crippen molar-refractivity contribution in [2.45, 2.75) is 46.2 Å². The van der Waals surface area contributed by atoms with Gasteiger partial charge in [0.15, 0.2) is 0 Å². The number of likely N-dealkylation sites (tertiary alicyclic amines) is 1. The molecule has 1 fully saturated rings. The van der Waals surface area contributed by atoms with Gasteiger partial charge in [-0.1, -0.05) is 5.16 Å². The molecule has 0 saturated carbocycles. The molecule has 1 unspecified atom stereocenters. The molecule has 0 radical (unpaired) electrons. The molecule has 1 aliphatic rings. The van der Waals surface area contributed by atoms with Crippen LogP contribution >= 0.6 is 0 Å². The standard InChI is InChI=1S/C17H21N5O3/c1-10-16(11(2)25-21-10)17(24)19-8-13-7-18-9-14(20-13)15-5-4-6-22(15)12(3)23/h7,9,15H,4-6,8H2,1-3H3,(H,19,24). The highest BCUT2D eigenvalue weighted by molar-refractivity contribution is 5.95. The molecule has 2 amide bonds. The molecule has 1 saturated heterocycles. The number of carbonyl (C=O) groups excluding carboxylic acids is 2. The molecule has 2 aromatic rings. The number of hydrogen-bond acceptors (Lipinski definition) is 6. The molecular weight excluding hydrogens is 322 g/mol. The lowest BCUT2D eigenvalue weighted by atomic mass is 10.1. The lowest BCUT2D eigenvalue weighted by molar-refractivity contribution is -0.129. The Morgan fingerprint density at radius 3 is 2.84 bits per heavy atom. The summed E-state index contributed by atoms with van der Waals surface area (Å²) in [5.41, 5.74) is 2.41. The molecule has 25 heavy (non-hydrogen) atoms. The fraction of sp³-hybridized carbons (Fsp3) is 0.471. The van der Waals surface area contributed by atoms with E-state index >= 15 is 0 Å². The number of rotatable bonds is 4. The van der Waals surface area contributed by atoms with E-state index in [0.29, 0.717) is 22.7 Å². The van der Waals surface area contributed by atoms with Gasteiger partial charge in [-0.3, -0.25) is 19.6 Å². The summed E-state index contributed by atoms with van der Waals surface area (Å²) in [4.78, 5) is 34.6. The summed E-state index contributed by atoms with van der Waals surface area (Å²) in [5.74, 6) is 0.272. The van der Waals surface area contributed by atoms with Crippen molar-refractivity contribution in [2.75, 3.05) is 6.54 Å². The van der Waals surface area contributed by atoms with E-state index in [1.165, 1.54) is 0 Å². The fourth-order valence-electron chi connectivity index (χ4n) is 3.19. The van der Waals surface area contributed by atoms with Crippen LogP contribution in [0.25, 0.3) is 0 Å². The van der Waals surface area contributed by atoms with Crippen LogP contribution in [0.15, 0.2) is 16.9 Å². The highest BCUT2D eigenvalue weighted by atomic mass is 16.5. The van der Waals surface area contributed by atoms with Gasteiger partial charge >= 0.3 is 0 Å². The highest BCUT2D eigenvalue weighted by Gasteiger charge is 2.29. The molecular formula is C17H21N5O3. The zero-order valence-electron chi connectivity index (χ0n) is 14.6. The molecule has 8 nitrogen and oxygen atoms in total. The van der Waals surface area contributed by atoms with Crippen molar-refractivity contribution in [1.29, 1.82) is 0 Å². The Labute approximate surface area is 145 Å². The SMILES string of the molecule is CC(=O)N1CCCC1c1cncc(CNC(=O)c2c(C)noc2C)n1. The summed E-state index contributed by atoms with van der Waals surface area (Å²) >= 11 is 0. The minimum absolute atomic E-state index is 0.0387. The van der Waals surface area contributed by atoms with Crippen molar-refractivity contribution in [3.63, 3.8) is 0 Å². The zero-order valence-corrected chi connectivity index (χ0v) is 14.6. The predicted octanol–water partition coefficient (Wildman–Crippen LogP) is 1.69. The lowest BCUT2D eigenvalue weighted by Gasteiger charge is -2.22. The maximum Gasteiger partial charge on any atom is 0.257 e. The van der Waals surface area contributed by atoms with Crippen LogP contribution in [0.1, 0.15) is 59.0 Å². The van der Waals surface area contributed by atoms with E-state index in [1.54, 1.807) is 33.2 Å². The summed E-state index contributed by atoms with van der Waals surface area (Å²) < 4.78 is 5.01. The third kappa shape index (κ3) is 3.52. The monoisotopic (exact) mass is 343 g/mol. The van der Waals surface area contributed by atoms with Gasteiger partial charge in [0.1, 0.15) is 11.3 Å². The van der Waals surface area contributed by atoms with Crippen LogP contribution < -0.4 is 5.32 Å². The van der Waals surface area contributed by atoms with Gasteiger partial charge in [-0.05, 0) is 26.7 Å². The average Bonchev–Trinajstić information content (AvgIpc) is 3.20. The zero-order chi connectivity index (χ0) is 18.0. The van der Waals surface area contributed by atoms with Crippen LogP contribution in [-0.2, 0) is 11.3 Å². The van der Waals surface area contributed by atoms with Gasteiger partial charge in [0.2, 0.25) is 5.91 Å². The van der Waals surface area contributed by atoms with E-state index in [4.69, 9.17) is 4.52 Å². The van der Waals surface area contributed by atoms with Gasteiger partial charge < -0.3 is 14.7 Å². The average molecular weight is 343 g/mol.